The molecule has 2 aromatic carbocycles. The Kier molecular flexibility index (Phi) is 4.77. The molecule has 0 aliphatic rings. The minimum absolute atomic E-state index is 0.0991. The smallest absolute Gasteiger partial charge is 0.258 e. The van der Waals surface area contributed by atoms with Crippen LogP contribution < -0.4 is 10.9 Å². The van der Waals surface area contributed by atoms with Crippen LogP contribution in [0.1, 0.15) is 24.9 Å². The molecule has 4 aromatic rings. The number of para-hydroxylation sites is 2. The molecule has 0 aliphatic carbocycles. The van der Waals surface area contributed by atoms with Crippen molar-refractivity contribution < 1.29 is 0 Å². The number of anilines is 1. The van der Waals surface area contributed by atoms with Crippen LogP contribution in [-0.2, 0) is 0 Å². The molecule has 27 heavy (non-hydrogen) atoms. The van der Waals surface area contributed by atoms with Gasteiger partial charge < -0.3 is 10.3 Å². The lowest BCUT2D eigenvalue weighted by Crippen LogP contribution is -2.13. The zero-order valence-corrected chi connectivity index (χ0v) is 15.9. The molecule has 7 heteroatoms. The minimum atomic E-state index is -0.129. The highest BCUT2D eigenvalue weighted by molar-refractivity contribution is 7.99. The van der Waals surface area contributed by atoms with Crippen LogP contribution in [0.3, 0.4) is 0 Å². The minimum Gasteiger partial charge on any atom is -0.370 e. The summed E-state index contributed by atoms with van der Waals surface area (Å²) in [6.45, 7) is 4.81. The summed E-state index contributed by atoms with van der Waals surface area (Å²) in [6.07, 6.45) is 0. The largest absolute Gasteiger partial charge is 0.370 e. The molecule has 0 bridgehead atoms. The van der Waals surface area contributed by atoms with Crippen molar-refractivity contribution in [2.45, 2.75) is 24.3 Å². The van der Waals surface area contributed by atoms with Gasteiger partial charge in [0.1, 0.15) is 11.6 Å². The van der Waals surface area contributed by atoms with Crippen molar-refractivity contribution >= 4 is 39.4 Å². The summed E-state index contributed by atoms with van der Waals surface area (Å²) in [4.78, 5) is 29.1. The fourth-order valence-electron chi connectivity index (χ4n) is 2.92. The highest BCUT2D eigenvalue weighted by Gasteiger charge is 2.15. The molecule has 0 saturated heterocycles. The van der Waals surface area contributed by atoms with Gasteiger partial charge in [-0.3, -0.25) is 4.79 Å². The number of fused-ring (bicyclic) bond motifs is 2. The maximum atomic E-state index is 12.3. The normalized spacial score (nSPS) is 12.4. The summed E-state index contributed by atoms with van der Waals surface area (Å²) in [6, 6.07) is 15.3. The summed E-state index contributed by atoms with van der Waals surface area (Å²) >= 11 is 1.47. The maximum absolute atomic E-state index is 12.3. The SMILES string of the molecule is CCNc1nc(SC(C)c2nc3ccccc3c(=O)[nH]2)nc2ccccc12. The molecular formula is C20H19N5OS. The molecule has 1 atom stereocenters. The number of nitrogens with zero attached hydrogens (tertiary/aromatic N) is 3. The molecule has 2 aromatic heterocycles. The summed E-state index contributed by atoms with van der Waals surface area (Å²) in [5, 5.41) is 5.43. The average Bonchev–Trinajstić information content (AvgIpc) is 2.68. The van der Waals surface area contributed by atoms with Crippen molar-refractivity contribution in [1.29, 1.82) is 0 Å². The van der Waals surface area contributed by atoms with Gasteiger partial charge in [-0.05, 0) is 38.1 Å². The van der Waals surface area contributed by atoms with Crippen molar-refractivity contribution in [3.05, 3.63) is 64.7 Å². The van der Waals surface area contributed by atoms with E-state index in [1.165, 1.54) is 11.8 Å². The maximum Gasteiger partial charge on any atom is 0.258 e. The van der Waals surface area contributed by atoms with Gasteiger partial charge in [0.25, 0.3) is 5.56 Å². The van der Waals surface area contributed by atoms with Crippen LogP contribution in [0.2, 0.25) is 0 Å². The Hall–Kier alpha value is -2.93. The van der Waals surface area contributed by atoms with E-state index in [1.807, 2.05) is 56.3 Å². The van der Waals surface area contributed by atoms with Crippen molar-refractivity contribution in [2.75, 3.05) is 11.9 Å². The van der Waals surface area contributed by atoms with E-state index in [-0.39, 0.29) is 10.8 Å². The van der Waals surface area contributed by atoms with Crippen LogP contribution in [0.5, 0.6) is 0 Å². The van der Waals surface area contributed by atoms with Crippen LogP contribution >= 0.6 is 11.8 Å². The Bertz CT molecular complexity index is 1170. The third-order valence-corrected chi connectivity index (χ3v) is 5.20. The molecular weight excluding hydrogens is 358 g/mol. The molecule has 0 saturated carbocycles. The molecule has 0 spiro atoms. The van der Waals surface area contributed by atoms with Crippen LogP contribution in [0.4, 0.5) is 5.82 Å². The van der Waals surface area contributed by atoms with Crippen LogP contribution in [0.15, 0.2) is 58.5 Å². The van der Waals surface area contributed by atoms with Crippen LogP contribution in [-0.4, -0.2) is 26.5 Å². The van der Waals surface area contributed by atoms with Crippen molar-refractivity contribution in [1.82, 2.24) is 19.9 Å². The number of hydrogen-bond acceptors (Lipinski definition) is 6. The second-order valence-corrected chi connectivity index (χ2v) is 7.44. The van der Waals surface area contributed by atoms with E-state index in [2.05, 4.69) is 25.3 Å². The molecule has 1 unspecified atom stereocenters. The van der Waals surface area contributed by atoms with Gasteiger partial charge in [0.15, 0.2) is 5.16 Å². The Morgan fingerprint density at radius 3 is 2.41 bits per heavy atom. The molecule has 0 aliphatic heterocycles. The lowest BCUT2D eigenvalue weighted by Gasteiger charge is -2.13. The zero-order valence-electron chi connectivity index (χ0n) is 15.1. The molecule has 2 heterocycles. The van der Waals surface area contributed by atoms with Gasteiger partial charge in [0, 0.05) is 11.9 Å². The number of thioether (sulfide) groups is 1. The quantitative estimate of drug-likeness (QED) is 0.401. The molecule has 4 rings (SSSR count). The summed E-state index contributed by atoms with van der Waals surface area (Å²) in [5.41, 5.74) is 1.45. The van der Waals surface area contributed by atoms with Gasteiger partial charge in [-0.15, -0.1) is 0 Å². The first-order valence-electron chi connectivity index (χ1n) is 8.82. The third kappa shape index (κ3) is 3.50. The monoisotopic (exact) mass is 377 g/mol. The number of H-pyrrole nitrogens is 1. The van der Waals surface area contributed by atoms with Crippen molar-refractivity contribution in [3.63, 3.8) is 0 Å². The number of hydrogen-bond donors (Lipinski definition) is 2. The molecule has 0 fully saturated rings. The fourth-order valence-corrected chi connectivity index (χ4v) is 3.76. The van der Waals surface area contributed by atoms with E-state index < -0.39 is 0 Å². The van der Waals surface area contributed by atoms with Crippen molar-refractivity contribution in [3.8, 4) is 0 Å². The van der Waals surface area contributed by atoms with Gasteiger partial charge >= 0.3 is 0 Å². The highest BCUT2D eigenvalue weighted by atomic mass is 32.2. The van der Waals surface area contributed by atoms with Gasteiger partial charge in [-0.1, -0.05) is 36.0 Å². The van der Waals surface area contributed by atoms with E-state index in [9.17, 15) is 4.79 Å². The van der Waals surface area contributed by atoms with Crippen LogP contribution in [0, 0.1) is 0 Å². The second kappa shape index (κ2) is 7.36. The molecule has 0 radical (unpaired) electrons. The van der Waals surface area contributed by atoms with Gasteiger partial charge in [-0.2, -0.15) is 0 Å². The molecule has 0 amide bonds. The third-order valence-electron chi connectivity index (χ3n) is 4.23. The topological polar surface area (TPSA) is 83.6 Å². The Morgan fingerprint density at radius 2 is 1.67 bits per heavy atom. The number of rotatable bonds is 5. The van der Waals surface area contributed by atoms with E-state index in [1.54, 1.807) is 6.07 Å². The number of nitrogens with one attached hydrogen (secondary N) is 2. The predicted octanol–water partition coefficient (Wildman–Crippen LogP) is 4.15. The first-order valence-corrected chi connectivity index (χ1v) is 9.70. The Balaban J connectivity index is 1.70. The van der Waals surface area contributed by atoms with E-state index in [4.69, 9.17) is 0 Å². The summed E-state index contributed by atoms with van der Waals surface area (Å²) in [7, 11) is 0. The first kappa shape index (κ1) is 17.5. The first-order chi connectivity index (χ1) is 13.2. The zero-order chi connectivity index (χ0) is 18.8. The number of aromatic nitrogens is 4. The number of benzene rings is 2. The van der Waals surface area contributed by atoms with Crippen molar-refractivity contribution in [2.24, 2.45) is 0 Å². The van der Waals surface area contributed by atoms with E-state index in [0.29, 0.717) is 21.9 Å². The number of aromatic amines is 1. The highest BCUT2D eigenvalue weighted by Crippen LogP contribution is 2.33. The molecule has 2 N–H and O–H groups in total. The van der Waals surface area contributed by atoms with Gasteiger partial charge in [-0.25, -0.2) is 15.0 Å². The van der Waals surface area contributed by atoms with E-state index >= 15 is 0 Å². The standard InChI is InChI=1S/C20H19N5OS/c1-3-21-18-13-8-4-6-10-15(13)23-20(25-18)27-12(2)17-22-16-11-7-5-9-14(16)19(26)24-17/h4-12H,3H2,1-2H3,(H,21,23,25)(H,22,24,26). The molecule has 6 nitrogen and oxygen atoms in total. The molecule has 136 valence electrons. The van der Waals surface area contributed by atoms with Gasteiger partial charge in [0.05, 0.1) is 21.7 Å². The Labute approximate surface area is 160 Å². The predicted molar refractivity (Wildman–Crippen MR) is 110 cm³/mol. The lowest BCUT2D eigenvalue weighted by molar-refractivity contribution is 0.906. The van der Waals surface area contributed by atoms with E-state index in [0.717, 1.165) is 23.3 Å². The fraction of sp³-hybridized carbons (Fsp3) is 0.200. The summed E-state index contributed by atoms with van der Waals surface area (Å²) in [5.74, 6) is 1.43. The lowest BCUT2D eigenvalue weighted by atomic mass is 10.2. The van der Waals surface area contributed by atoms with Crippen LogP contribution in [0.25, 0.3) is 21.8 Å². The van der Waals surface area contributed by atoms with Gasteiger partial charge in [0.2, 0.25) is 0 Å². The Morgan fingerprint density at radius 1 is 1.00 bits per heavy atom. The average molecular weight is 377 g/mol. The summed E-state index contributed by atoms with van der Waals surface area (Å²) < 4.78 is 0. The second-order valence-electron chi connectivity index (χ2n) is 6.13.